The van der Waals surface area contributed by atoms with Gasteiger partial charge in [0.1, 0.15) is 6.04 Å². The number of aromatic nitrogens is 1. The maximum absolute atomic E-state index is 14.3. The normalized spacial score (nSPS) is 20.9. The molecule has 280 valence electrons. The number of nitrogens with zero attached hydrogens (tertiary/aromatic N) is 2. The van der Waals surface area contributed by atoms with Gasteiger partial charge in [0, 0.05) is 60.9 Å². The van der Waals surface area contributed by atoms with Gasteiger partial charge in [-0.1, -0.05) is 56.2 Å². The van der Waals surface area contributed by atoms with E-state index in [9.17, 15) is 19.2 Å². The highest BCUT2D eigenvalue weighted by atomic mass is 35.5. The number of hydrogen-bond acceptors (Lipinski definition) is 6. The number of ether oxygens (including phenoxy) is 2. The van der Waals surface area contributed by atoms with Crippen molar-refractivity contribution >= 4 is 46.1 Å². The van der Waals surface area contributed by atoms with E-state index in [0.29, 0.717) is 54.1 Å². The third-order valence-corrected chi connectivity index (χ3v) is 11.4. The number of rotatable bonds is 13. The molecule has 0 spiro atoms. The number of fused-ring (bicyclic) bond motifs is 2. The Bertz CT molecular complexity index is 1770. The molecule has 1 aliphatic carbocycles. The number of halogens is 1. The molecular formula is C40H52ClN5O6. The van der Waals surface area contributed by atoms with Crippen molar-refractivity contribution in [2.24, 2.45) is 23.7 Å². The molecule has 3 aliphatic rings. The molecular weight excluding hydrogens is 682 g/mol. The summed E-state index contributed by atoms with van der Waals surface area (Å²) in [6.45, 7) is 5.25. The quantitative estimate of drug-likeness (QED) is 0.210. The maximum Gasteiger partial charge on any atom is 0.254 e. The molecule has 3 heterocycles. The first-order valence-corrected chi connectivity index (χ1v) is 19.1. The van der Waals surface area contributed by atoms with E-state index < -0.39 is 12.0 Å². The van der Waals surface area contributed by atoms with Crippen LogP contribution in [0.2, 0.25) is 5.02 Å². The number of nitrogens with one attached hydrogen (secondary N) is 3. The zero-order chi connectivity index (χ0) is 36.9. The molecule has 3 N–H and O–H groups in total. The molecule has 2 aliphatic heterocycles. The molecule has 12 heteroatoms. The van der Waals surface area contributed by atoms with Gasteiger partial charge in [0.05, 0.1) is 25.6 Å². The van der Waals surface area contributed by atoms with Crippen LogP contribution in [0.15, 0.2) is 42.6 Å². The molecule has 1 saturated carbocycles. The van der Waals surface area contributed by atoms with Crippen molar-refractivity contribution in [2.75, 3.05) is 40.3 Å². The van der Waals surface area contributed by atoms with Gasteiger partial charge in [0.25, 0.3) is 5.91 Å². The van der Waals surface area contributed by atoms with Crippen LogP contribution >= 0.6 is 11.6 Å². The molecule has 3 fully saturated rings. The molecule has 0 radical (unpaired) electrons. The lowest BCUT2D eigenvalue weighted by Crippen LogP contribution is -2.56. The summed E-state index contributed by atoms with van der Waals surface area (Å²) < 4.78 is 11.4. The molecule has 4 unspecified atom stereocenters. The van der Waals surface area contributed by atoms with Gasteiger partial charge in [-0.3, -0.25) is 19.2 Å². The van der Waals surface area contributed by atoms with E-state index in [-0.39, 0.29) is 54.5 Å². The lowest BCUT2D eigenvalue weighted by Gasteiger charge is -2.40. The monoisotopic (exact) mass is 733 g/mol. The Morgan fingerprint density at radius 1 is 0.981 bits per heavy atom. The number of aromatic amines is 1. The Morgan fingerprint density at radius 2 is 1.75 bits per heavy atom. The van der Waals surface area contributed by atoms with E-state index in [0.717, 1.165) is 29.3 Å². The van der Waals surface area contributed by atoms with Gasteiger partial charge in [0.15, 0.2) is 11.5 Å². The van der Waals surface area contributed by atoms with Gasteiger partial charge in [0.2, 0.25) is 17.7 Å². The first-order valence-electron chi connectivity index (χ1n) is 18.7. The van der Waals surface area contributed by atoms with E-state index in [1.807, 2.05) is 32.2 Å². The Morgan fingerprint density at radius 3 is 2.48 bits per heavy atom. The van der Waals surface area contributed by atoms with E-state index in [1.54, 1.807) is 48.2 Å². The third kappa shape index (κ3) is 8.51. The van der Waals surface area contributed by atoms with Crippen molar-refractivity contribution in [3.8, 4) is 11.5 Å². The fourth-order valence-corrected chi connectivity index (χ4v) is 8.64. The molecule has 52 heavy (non-hydrogen) atoms. The van der Waals surface area contributed by atoms with Gasteiger partial charge < -0.3 is 34.9 Å². The van der Waals surface area contributed by atoms with E-state index in [2.05, 4.69) is 15.6 Å². The van der Waals surface area contributed by atoms with Gasteiger partial charge in [-0.05, 0) is 73.9 Å². The fourth-order valence-electron chi connectivity index (χ4n) is 8.47. The minimum Gasteiger partial charge on any atom is -0.493 e. The molecule has 2 saturated heterocycles. The van der Waals surface area contributed by atoms with Gasteiger partial charge >= 0.3 is 0 Å². The Kier molecular flexibility index (Phi) is 12.0. The third-order valence-electron chi connectivity index (χ3n) is 11.2. The average molecular weight is 734 g/mol. The minimum atomic E-state index is -0.667. The van der Waals surface area contributed by atoms with E-state index >= 15 is 0 Å². The summed E-state index contributed by atoms with van der Waals surface area (Å²) in [5, 5.41) is 7.34. The number of hydrogen-bond donors (Lipinski definition) is 3. The summed E-state index contributed by atoms with van der Waals surface area (Å²) >= 11 is 6.19. The Labute approximate surface area is 311 Å². The van der Waals surface area contributed by atoms with Gasteiger partial charge in [-0.2, -0.15) is 0 Å². The first-order chi connectivity index (χ1) is 25.0. The Balaban J connectivity index is 1.21. The van der Waals surface area contributed by atoms with E-state index in [1.165, 1.54) is 25.7 Å². The second kappa shape index (κ2) is 16.6. The number of piperidine rings is 1. The van der Waals surface area contributed by atoms with Crippen LogP contribution in [0.5, 0.6) is 11.5 Å². The number of likely N-dealkylation sites (N-methyl/N-ethyl adjacent to an activating group) is 1. The largest absolute Gasteiger partial charge is 0.493 e. The van der Waals surface area contributed by atoms with Crippen LogP contribution < -0.4 is 20.1 Å². The van der Waals surface area contributed by atoms with Crippen LogP contribution in [-0.2, 0) is 20.8 Å². The molecule has 4 amide bonds. The summed E-state index contributed by atoms with van der Waals surface area (Å²) in [4.78, 5) is 62.0. The number of likely N-dealkylation sites (tertiary alicyclic amines) is 2. The van der Waals surface area contributed by atoms with Crippen LogP contribution in [0.3, 0.4) is 0 Å². The van der Waals surface area contributed by atoms with Gasteiger partial charge in [-0.25, -0.2) is 0 Å². The first kappa shape index (κ1) is 37.5. The summed E-state index contributed by atoms with van der Waals surface area (Å²) in [5.74, 6) is 0.0742. The molecule has 1 aromatic heterocycles. The molecule has 11 nitrogen and oxygen atoms in total. The highest BCUT2D eigenvalue weighted by Crippen LogP contribution is 2.38. The number of methoxy groups -OCH3 is 1. The van der Waals surface area contributed by atoms with Crippen molar-refractivity contribution in [3.63, 3.8) is 0 Å². The number of carbonyl (C=O) groups excluding carboxylic acids is 4. The second-order valence-electron chi connectivity index (χ2n) is 15.0. The highest BCUT2D eigenvalue weighted by molar-refractivity contribution is 6.31. The second-order valence-corrected chi connectivity index (χ2v) is 15.4. The van der Waals surface area contributed by atoms with Crippen molar-refractivity contribution in [3.05, 3.63) is 58.7 Å². The standard InChI is InChI=1S/C40H52ClN5O6/c1-24(2)52-35-15-12-26(16-36(35)51-4)40(50)46-21-28-20-45(37(47)17-27-19-43-34-18-29(41)13-14-30(27)34)23-32(31(28)22-46)38(48)44-33(39(49)42-3)11-7-10-25-8-5-6-9-25/h12-16,18-19,24-25,28,31-33,43H,5-11,17,20-23H2,1-4H3,(H,42,49)(H,44,48). The molecule has 3 aromatic rings. The molecule has 2 aromatic carbocycles. The number of carbonyl (C=O) groups is 4. The van der Waals surface area contributed by atoms with Gasteiger partial charge in [-0.15, -0.1) is 0 Å². The summed E-state index contributed by atoms with van der Waals surface area (Å²) in [6, 6.07) is 10.0. The zero-order valence-corrected chi connectivity index (χ0v) is 31.5. The van der Waals surface area contributed by atoms with Crippen LogP contribution in [-0.4, -0.2) is 90.9 Å². The summed E-state index contributed by atoms with van der Waals surface area (Å²) in [5.41, 5.74) is 2.16. The van der Waals surface area contributed by atoms with Crippen molar-refractivity contribution < 1.29 is 28.7 Å². The van der Waals surface area contributed by atoms with Crippen LogP contribution in [0, 0.1) is 23.7 Å². The van der Waals surface area contributed by atoms with Crippen molar-refractivity contribution in [2.45, 2.75) is 77.4 Å². The maximum atomic E-state index is 14.3. The Hall–Kier alpha value is -4.25. The zero-order valence-electron chi connectivity index (χ0n) is 30.7. The predicted octanol–water partition coefficient (Wildman–Crippen LogP) is 5.60. The van der Waals surface area contributed by atoms with Crippen LogP contribution in [0.25, 0.3) is 10.9 Å². The summed E-state index contributed by atoms with van der Waals surface area (Å²) in [7, 11) is 3.13. The SMILES string of the molecule is CNC(=O)C(CCCC1CCCC1)NC(=O)C1CN(C(=O)Cc2c[nH]c3cc(Cl)ccc23)CC2CN(C(=O)c3ccc(OC(C)C)c(OC)c3)CC21. The predicted molar refractivity (Wildman–Crippen MR) is 201 cm³/mol. The van der Waals surface area contributed by atoms with Crippen molar-refractivity contribution in [1.82, 2.24) is 25.4 Å². The van der Waals surface area contributed by atoms with E-state index in [4.69, 9.17) is 21.1 Å². The van der Waals surface area contributed by atoms with Crippen LogP contribution in [0.1, 0.15) is 74.7 Å². The fraction of sp³-hybridized carbons (Fsp3) is 0.550. The topological polar surface area (TPSA) is 133 Å². The number of amides is 4. The lowest BCUT2D eigenvalue weighted by molar-refractivity contribution is -0.140. The van der Waals surface area contributed by atoms with Crippen LogP contribution in [0.4, 0.5) is 0 Å². The molecule has 0 bridgehead atoms. The molecule has 6 rings (SSSR count). The smallest absolute Gasteiger partial charge is 0.254 e. The highest BCUT2D eigenvalue weighted by Gasteiger charge is 2.48. The lowest BCUT2D eigenvalue weighted by atomic mass is 9.79. The molecule has 4 atom stereocenters. The number of benzene rings is 2. The number of H-pyrrole nitrogens is 1. The summed E-state index contributed by atoms with van der Waals surface area (Å²) in [6.07, 6.45) is 9.37. The average Bonchev–Trinajstić information content (AvgIpc) is 3.90. The van der Waals surface area contributed by atoms with Crippen molar-refractivity contribution in [1.29, 1.82) is 0 Å². The minimum absolute atomic E-state index is 0.0596.